The summed E-state index contributed by atoms with van der Waals surface area (Å²) in [6.45, 7) is 23.6. The lowest BCUT2D eigenvalue weighted by atomic mass is 9.71. The average molecular weight is 394 g/mol. The zero-order valence-electron chi connectivity index (χ0n) is 20.6. The summed E-state index contributed by atoms with van der Waals surface area (Å²) in [5.41, 5.74) is 4.61. The summed E-state index contributed by atoms with van der Waals surface area (Å²) in [6, 6.07) is 19.9. The topological polar surface area (TPSA) is 3.24 Å². The van der Waals surface area contributed by atoms with E-state index in [1.54, 1.807) is 0 Å². The molecule has 0 saturated carbocycles. The molecule has 1 nitrogen and oxygen atoms in total. The SMILES string of the molecule is CC(C)(C)CC(C)(C)c1ccccc1N(c1ccccc1)C(C)(C)CC(C)(C)C. The normalized spacial score (nSPS) is 13.4. The predicted molar refractivity (Wildman–Crippen MR) is 130 cm³/mol. The molecule has 0 N–H and O–H groups in total. The third-order valence-corrected chi connectivity index (χ3v) is 5.43. The van der Waals surface area contributed by atoms with Gasteiger partial charge >= 0.3 is 0 Å². The Balaban J connectivity index is 2.68. The van der Waals surface area contributed by atoms with Gasteiger partial charge in [0, 0.05) is 16.9 Å². The molecule has 0 bridgehead atoms. The van der Waals surface area contributed by atoms with E-state index in [0.717, 1.165) is 12.8 Å². The Hall–Kier alpha value is -1.76. The van der Waals surface area contributed by atoms with Gasteiger partial charge in [0.25, 0.3) is 0 Å². The number of benzene rings is 2. The largest absolute Gasteiger partial charge is 0.336 e. The Kier molecular flexibility index (Phi) is 6.62. The van der Waals surface area contributed by atoms with Crippen LogP contribution < -0.4 is 4.90 Å². The van der Waals surface area contributed by atoms with Crippen LogP contribution in [0.4, 0.5) is 11.4 Å². The van der Waals surface area contributed by atoms with Crippen molar-refractivity contribution in [2.45, 2.75) is 93.0 Å². The van der Waals surface area contributed by atoms with Crippen molar-refractivity contribution < 1.29 is 0 Å². The highest BCUT2D eigenvalue weighted by molar-refractivity contribution is 5.70. The highest BCUT2D eigenvalue weighted by Crippen LogP contribution is 2.46. The Morgan fingerprint density at radius 2 is 1.07 bits per heavy atom. The predicted octanol–water partition coefficient (Wildman–Crippen LogP) is 8.75. The summed E-state index contributed by atoms with van der Waals surface area (Å²) in [5.74, 6) is 0. The summed E-state index contributed by atoms with van der Waals surface area (Å²) < 4.78 is 0. The van der Waals surface area contributed by atoms with Crippen molar-refractivity contribution >= 4 is 11.4 Å². The summed E-state index contributed by atoms with van der Waals surface area (Å²) in [6.07, 6.45) is 2.24. The van der Waals surface area contributed by atoms with Crippen LogP contribution in [0.1, 0.15) is 87.6 Å². The van der Waals surface area contributed by atoms with Gasteiger partial charge < -0.3 is 4.90 Å². The Bertz CT molecular complexity index is 785. The lowest BCUT2D eigenvalue weighted by molar-refractivity contribution is 0.277. The highest BCUT2D eigenvalue weighted by Gasteiger charge is 2.37. The molecule has 0 unspecified atom stereocenters. The third kappa shape index (κ3) is 6.36. The van der Waals surface area contributed by atoms with E-state index in [2.05, 4.69) is 129 Å². The van der Waals surface area contributed by atoms with Crippen LogP contribution in [-0.4, -0.2) is 5.54 Å². The number of hydrogen-bond acceptors (Lipinski definition) is 1. The van der Waals surface area contributed by atoms with Crippen molar-refractivity contribution in [1.29, 1.82) is 0 Å². The molecule has 0 radical (unpaired) electrons. The molecule has 0 spiro atoms. The van der Waals surface area contributed by atoms with E-state index < -0.39 is 0 Å². The van der Waals surface area contributed by atoms with Gasteiger partial charge in [0.15, 0.2) is 0 Å². The molecule has 0 aliphatic carbocycles. The van der Waals surface area contributed by atoms with Crippen molar-refractivity contribution in [2.75, 3.05) is 4.90 Å². The van der Waals surface area contributed by atoms with Gasteiger partial charge in [0.2, 0.25) is 0 Å². The van der Waals surface area contributed by atoms with E-state index in [-0.39, 0.29) is 21.8 Å². The Morgan fingerprint density at radius 1 is 0.586 bits per heavy atom. The molecule has 0 atom stereocenters. The van der Waals surface area contributed by atoms with Gasteiger partial charge in [0.05, 0.1) is 0 Å². The van der Waals surface area contributed by atoms with Crippen LogP contribution in [0.25, 0.3) is 0 Å². The van der Waals surface area contributed by atoms with E-state index in [1.807, 2.05) is 0 Å². The van der Waals surface area contributed by atoms with E-state index in [4.69, 9.17) is 0 Å². The van der Waals surface area contributed by atoms with Gasteiger partial charge in [0.1, 0.15) is 0 Å². The van der Waals surface area contributed by atoms with Crippen molar-refractivity contribution in [3.05, 3.63) is 60.2 Å². The van der Waals surface area contributed by atoms with Gasteiger partial charge in [-0.15, -0.1) is 0 Å². The molecule has 2 aromatic rings. The quantitative estimate of drug-likeness (QED) is 0.474. The van der Waals surface area contributed by atoms with Crippen LogP contribution in [0.5, 0.6) is 0 Å². The zero-order valence-corrected chi connectivity index (χ0v) is 20.6. The van der Waals surface area contributed by atoms with Crippen molar-refractivity contribution in [3.63, 3.8) is 0 Å². The first kappa shape index (κ1) is 23.5. The minimum Gasteiger partial charge on any atom is -0.336 e. The zero-order chi connectivity index (χ0) is 22.1. The minimum absolute atomic E-state index is 0.0203. The molecule has 0 heterocycles. The van der Waals surface area contributed by atoms with Gasteiger partial charge in [-0.2, -0.15) is 0 Å². The second kappa shape index (κ2) is 8.17. The first-order valence-electron chi connectivity index (χ1n) is 11.1. The number of para-hydroxylation sites is 2. The molecule has 2 aromatic carbocycles. The molecule has 1 heteroatoms. The monoisotopic (exact) mass is 393 g/mol. The maximum absolute atomic E-state index is 2.58. The van der Waals surface area contributed by atoms with Gasteiger partial charge in [-0.3, -0.25) is 0 Å². The van der Waals surface area contributed by atoms with E-state index in [9.17, 15) is 0 Å². The molecule has 0 aliphatic rings. The van der Waals surface area contributed by atoms with Crippen LogP contribution in [0.3, 0.4) is 0 Å². The number of rotatable bonds is 6. The highest BCUT2D eigenvalue weighted by atomic mass is 15.2. The number of hydrogen-bond donors (Lipinski definition) is 0. The summed E-state index contributed by atoms with van der Waals surface area (Å²) in [5, 5.41) is 0. The van der Waals surface area contributed by atoms with Crippen molar-refractivity contribution in [3.8, 4) is 0 Å². The van der Waals surface area contributed by atoms with Crippen LogP contribution >= 0.6 is 0 Å². The van der Waals surface area contributed by atoms with E-state index in [0.29, 0.717) is 0 Å². The molecule has 29 heavy (non-hydrogen) atoms. The Labute approximate surface area is 180 Å². The molecule has 0 aromatic heterocycles. The fraction of sp³-hybridized carbons (Fsp3) is 0.571. The standard InChI is InChI=1S/C28H43N/c1-25(2,3)20-27(7,8)23-18-14-15-19-24(23)29(22-16-12-11-13-17-22)28(9,10)21-26(4,5)6/h11-19H,20-21H2,1-10H3. The number of nitrogens with zero attached hydrogens (tertiary/aromatic N) is 1. The molecule has 0 saturated heterocycles. The lowest BCUT2D eigenvalue weighted by Gasteiger charge is -2.46. The van der Waals surface area contributed by atoms with Crippen LogP contribution in [0, 0.1) is 10.8 Å². The maximum atomic E-state index is 2.58. The maximum Gasteiger partial charge on any atom is 0.0453 e. The summed E-state index contributed by atoms with van der Waals surface area (Å²) in [4.78, 5) is 2.58. The first-order chi connectivity index (χ1) is 13.1. The molecule has 2 rings (SSSR count). The second-order valence-electron chi connectivity index (χ2n) is 12.4. The third-order valence-electron chi connectivity index (χ3n) is 5.43. The molecule has 0 amide bonds. The smallest absolute Gasteiger partial charge is 0.0453 e. The first-order valence-corrected chi connectivity index (χ1v) is 11.1. The molecular formula is C28H43N. The molecule has 0 aliphatic heterocycles. The van der Waals surface area contributed by atoms with Crippen LogP contribution in [-0.2, 0) is 5.41 Å². The fourth-order valence-corrected chi connectivity index (χ4v) is 5.43. The fourth-order valence-electron chi connectivity index (χ4n) is 5.43. The molecule has 160 valence electrons. The van der Waals surface area contributed by atoms with Gasteiger partial charge in [-0.1, -0.05) is 91.8 Å². The minimum atomic E-state index is -0.0203. The van der Waals surface area contributed by atoms with E-state index in [1.165, 1.54) is 16.9 Å². The van der Waals surface area contributed by atoms with Crippen LogP contribution in [0.2, 0.25) is 0 Å². The number of anilines is 2. The second-order valence-corrected chi connectivity index (χ2v) is 12.4. The summed E-state index contributed by atoms with van der Waals surface area (Å²) in [7, 11) is 0. The molecular weight excluding hydrogens is 350 g/mol. The molecule has 0 fully saturated rings. The Morgan fingerprint density at radius 3 is 1.59 bits per heavy atom. The van der Waals surface area contributed by atoms with Crippen molar-refractivity contribution in [2.24, 2.45) is 10.8 Å². The average Bonchev–Trinajstić information content (AvgIpc) is 2.51. The lowest BCUT2D eigenvalue weighted by Crippen LogP contribution is -2.44. The summed E-state index contributed by atoms with van der Waals surface area (Å²) >= 11 is 0. The van der Waals surface area contributed by atoms with Gasteiger partial charge in [-0.05, 0) is 66.7 Å². The van der Waals surface area contributed by atoms with Crippen molar-refractivity contribution in [1.82, 2.24) is 0 Å². The van der Waals surface area contributed by atoms with Gasteiger partial charge in [-0.25, -0.2) is 0 Å². The van der Waals surface area contributed by atoms with E-state index >= 15 is 0 Å². The van der Waals surface area contributed by atoms with Crippen LogP contribution in [0.15, 0.2) is 54.6 Å².